The average molecular weight is 255 g/mol. The number of benzene rings is 1. The molecule has 0 aliphatic rings. The zero-order chi connectivity index (χ0) is 13.7. The summed E-state index contributed by atoms with van der Waals surface area (Å²) in [6.07, 6.45) is -0.274. The third kappa shape index (κ3) is 3.73. The molecule has 1 aromatic rings. The van der Waals surface area contributed by atoms with E-state index in [9.17, 15) is 14.0 Å². The monoisotopic (exact) mass is 255 g/mol. The Morgan fingerprint density at radius 3 is 2.61 bits per heavy atom. The third-order valence-corrected chi connectivity index (χ3v) is 1.93. The van der Waals surface area contributed by atoms with Crippen molar-refractivity contribution < 1.29 is 23.5 Å². The fourth-order valence-corrected chi connectivity index (χ4v) is 1.30. The van der Waals surface area contributed by atoms with Gasteiger partial charge in [0, 0.05) is 0 Å². The van der Waals surface area contributed by atoms with E-state index in [1.807, 2.05) is 0 Å². The van der Waals surface area contributed by atoms with Gasteiger partial charge in [0.2, 0.25) is 0 Å². The van der Waals surface area contributed by atoms with Crippen LogP contribution in [0.4, 0.5) is 4.39 Å². The standard InChI is InChI=1S/C12H14FNO4/c1-7(2)18-10(15)6-17-9-5-3-4-8(13)11(9)12(14)16/h3-5,7H,6H2,1-2H3,(H2,14,16). The number of esters is 1. The highest BCUT2D eigenvalue weighted by atomic mass is 19.1. The van der Waals surface area contributed by atoms with Gasteiger partial charge in [-0.1, -0.05) is 6.07 Å². The van der Waals surface area contributed by atoms with E-state index >= 15 is 0 Å². The SMILES string of the molecule is CC(C)OC(=O)COc1cccc(F)c1C(N)=O. The van der Waals surface area contributed by atoms with E-state index in [4.69, 9.17) is 15.2 Å². The number of amides is 1. The summed E-state index contributed by atoms with van der Waals surface area (Å²) in [7, 11) is 0. The quantitative estimate of drug-likeness (QED) is 0.803. The molecule has 0 bridgehead atoms. The van der Waals surface area contributed by atoms with Gasteiger partial charge in [-0.25, -0.2) is 9.18 Å². The molecule has 0 aromatic heterocycles. The van der Waals surface area contributed by atoms with Gasteiger partial charge in [0.05, 0.1) is 6.10 Å². The van der Waals surface area contributed by atoms with E-state index in [2.05, 4.69) is 0 Å². The Kier molecular flexibility index (Phi) is 4.65. The number of hydrogen-bond donors (Lipinski definition) is 1. The first-order valence-electron chi connectivity index (χ1n) is 5.32. The molecule has 1 rings (SSSR count). The minimum absolute atomic E-state index is 0.0804. The summed E-state index contributed by atoms with van der Waals surface area (Å²) in [5, 5.41) is 0. The molecule has 0 saturated carbocycles. The van der Waals surface area contributed by atoms with Crippen molar-refractivity contribution in [3.05, 3.63) is 29.6 Å². The van der Waals surface area contributed by atoms with E-state index in [-0.39, 0.29) is 17.4 Å². The summed E-state index contributed by atoms with van der Waals surface area (Å²) in [4.78, 5) is 22.3. The van der Waals surface area contributed by atoms with Crippen LogP contribution in [-0.2, 0) is 9.53 Å². The molecule has 0 radical (unpaired) electrons. The van der Waals surface area contributed by atoms with Gasteiger partial charge in [-0.05, 0) is 26.0 Å². The second-order valence-electron chi connectivity index (χ2n) is 3.80. The van der Waals surface area contributed by atoms with Gasteiger partial charge in [0.25, 0.3) is 5.91 Å². The highest BCUT2D eigenvalue weighted by Crippen LogP contribution is 2.20. The van der Waals surface area contributed by atoms with Crippen molar-refractivity contribution in [1.29, 1.82) is 0 Å². The molecular weight excluding hydrogens is 241 g/mol. The molecule has 1 aromatic carbocycles. The Bertz CT molecular complexity index is 459. The van der Waals surface area contributed by atoms with E-state index in [0.717, 1.165) is 6.07 Å². The minimum Gasteiger partial charge on any atom is -0.481 e. The van der Waals surface area contributed by atoms with Crippen LogP contribution in [0.1, 0.15) is 24.2 Å². The zero-order valence-electron chi connectivity index (χ0n) is 10.1. The van der Waals surface area contributed by atoms with Crippen LogP contribution in [0, 0.1) is 5.82 Å². The topological polar surface area (TPSA) is 78.6 Å². The molecular formula is C12H14FNO4. The van der Waals surface area contributed by atoms with Crippen molar-refractivity contribution in [2.24, 2.45) is 5.73 Å². The second kappa shape index (κ2) is 6.00. The lowest BCUT2D eigenvalue weighted by Crippen LogP contribution is -2.21. The molecule has 0 atom stereocenters. The fourth-order valence-electron chi connectivity index (χ4n) is 1.30. The number of carbonyl (C=O) groups is 2. The van der Waals surface area contributed by atoms with Crippen molar-refractivity contribution in [3.8, 4) is 5.75 Å². The molecule has 0 unspecified atom stereocenters. The van der Waals surface area contributed by atoms with Gasteiger partial charge in [0.15, 0.2) is 6.61 Å². The van der Waals surface area contributed by atoms with Gasteiger partial charge in [-0.15, -0.1) is 0 Å². The second-order valence-corrected chi connectivity index (χ2v) is 3.80. The van der Waals surface area contributed by atoms with E-state index in [1.54, 1.807) is 13.8 Å². The van der Waals surface area contributed by atoms with Crippen LogP contribution in [0.3, 0.4) is 0 Å². The number of primary amides is 1. The van der Waals surface area contributed by atoms with Crippen LogP contribution < -0.4 is 10.5 Å². The first-order valence-corrected chi connectivity index (χ1v) is 5.32. The van der Waals surface area contributed by atoms with E-state index < -0.39 is 24.3 Å². The van der Waals surface area contributed by atoms with E-state index in [0.29, 0.717) is 0 Å². The molecule has 0 spiro atoms. The van der Waals surface area contributed by atoms with Crippen molar-refractivity contribution in [1.82, 2.24) is 0 Å². The van der Waals surface area contributed by atoms with Gasteiger partial charge >= 0.3 is 5.97 Å². The Hall–Kier alpha value is -2.11. The van der Waals surface area contributed by atoms with Crippen LogP contribution in [0.15, 0.2) is 18.2 Å². The molecule has 0 fully saturated rings. The Morgan fingerprint density at radius 1 is 1.39 bits per heavy atom. The summed E-state index contributed by atoms with van der Waals surface area (Å²) >= 11 is 0. The number of halogens is 1. The molecule has 0 saturated heterocycles. The van der Waals surface area contributed by atoms with Gasteiger partial charge in [-0.3, -0.25) is 4.79 Å². The van der Waals surface area contributed by atoms with Crippen LogP contribution in [0.2, 0.25) is 0 Å². The van der Waals surface area contributed by atoms with Crippen LogP contribution >= 0.6 is 0 Å². The van der Waals surface area contributed by atoms with Crippen LogP contribution in [-0.4, -0.2) is 24.6 Å². The molecule has 2 N–H and O–H groups in total. The molecule has 0 aliphatic heterocycles. The molecule has 1 amide bonds. The van der Waals surface area contributed by atoms with Gasteiger partial charge < -0.3 is 15.2 Å². The maximum absolute atomic E-state index is 13.3. The minimum atomic E-state index is -0.958. The summed E-state index contributed by atoms with van der Waals surface area (Å²) in [6.45, 7) is 2.96. The van der Waals surface area contributed by atoms with Crippen molar-refractivity contribution >= 4 is 11.9 Å². The maximum atomic E-state index is 13.3. The first kappa shape index (κ1) is 14.0. The van der Waals surface area contributed by atoms with Crippen molar-refractivity contribution in [2.45, 2.75) is 20.0 Å². The predicted molar refractivity (Wildman–Crippen MR) is 61.6 cm³/mol. The molecule has 6 heteroatoms. The Balaban J connectivity index is 2.76. The van der Waals surface area contributed by atoms with Gasteiger partial charge in [0.1, 0.15) is 17.1 Å². The Morgan fingerprint density at radius 2 is 2.06 bits per heavy atom. The largest absolute Gasteiger partial charge is 0.481 e. The Labute approximate surface area is 104 Å². The van der Waals surface area contributed by atoms with E-state index in [1.165, 1.54) is 12.1 Å². The van der Waals surface area contributed by atoms with Crippen LogP contribution in [0.25, 0.3) is 0 Å². The number of nitrogens with two attached hydrogens (primary N) is 1. The van der Waals surface area contributed by atoms with Crippen molar-refractivity contribution in [2.75, 3.05) is 6.61 Å². The summed E-state index contributed by atoms with van der Waals surface area (Å²) in [5.74, 6) is -2.44. The smallest absolute Gasteiger partial charge is 0.344 e. The highest BCUT2D eigenvalue weighted by molar-refractivity contribution is 5.96. The van der Waals surface area contributed by atoms with Crippen LogP contribution in [0.5, 0.6) is 5.75 Å². The number of hydrogen-bond acceptors (Lipinski definition) is 4. The maximum Gasteiger partial charge on any atom is 0.344 e. The lowest BCUT2D eigenvalue weighted by molar-refractivity contribution is -0.149. The number of carbonyl (C=O) groups excluding carboxylic acids is 2. The highest BCUT2D eigenvalue weighted by Gasteiger charge is 2.16. The third-order valence-electron chi connectivity index (χ3n) is 1.93. The van der Waals surface area contributed by atoms with Crippen molar-refractivity contribution in [3.63, 3.8) is 0 Å². The van der Waals surface area contributed by atoms with Gasteiger partial charge in [-0.2, -0.15) is 0 Å². The molecule has 5 nitrogen and oxygen atoms in total. The molecule has 98 valence electrons. The fraction of sp³-hybridized carbons (Fsp3) is 0.333. The zero-order valence-corrected chi connectivity index (χ0v) is 10.1. The number of rotatable bonds is 5. The molecule has 0 heterocycles. The lowest BCUT2D eigenvalue weighted by Gasteiger charge is -2.11. The average Bonchev–Trinajstić information content (AvgIpc) is 2.24. The summed E-state index contributed by atoms with van der Waals surface area (Å²) in [6, 6.07) is 3.79. The lowest BCUT2D eigenvalue weighted by atomic mass is 10.2. The number of ether oxygens (including phenoxy) is 2. The first-order chi connectivity index (χ1) is 8.41. The summed E-state index contributed by atoms with van der Waals surface area (Å²) < 4.78 is 23.2. The predicted octanol–water partition coefficient (Wildman–Crippen LogP) is 1.25. The molecule has 0 aliphatic carbocycles. The molecule has 18 heavy (non-hydrogen) atoms. The summed E-state index contributed by atoms with van der Waals surface area (Å²) in [5.41, 5.74) is 4.65. The normalized spacial score (nSPS) is 10.2.